The van der Waals surface area contributed by atoms with Crippen molar-refractivity contribution < 1.29 is 28.6 Å². The number of methoxy groups -OCH3 is 1. The molecule has 1 N–H and O–H groups in total. The number of hydrogen-bond acceptors (Lipinski definition) is 6. The minimum atomic E-state index is -1.01. The third-order valence-corrected chi connectivity index (χ3v) is 4.61. The lowest BCUT2D eigenvalue weighted by atomic mass is 10.1. The van der Waals surface area contributed by atoms with E-state index in [2.05, 4.69) is 5.32 Å². The van der Waals surface area contributed by atoms with Crippen molar-refractivity contribution in [2.24, 2.45) is 0 Å². The third-order valence-electron chi connectivity index (χ3n) is 4.61. The van der Waals surface area contributed by atoms with Gasteiger partial charge in [0.1, 0.15) is 0 Å². The quantitative estimate of drug-likeness (QED) is 0.437. The molecule has 0 bridgehead atoms. The number of amides is 1. The molecular formula is C24H23NO6. The van der Waals surface area contributed by atoms with Crippen LogP contribution < -0.4 is 14.8 Å². The number of fused-ring (bicyclic) bond motifs is 1. The molecule has 0 radical (unpaired) electrons. The van der Waals surface area contributed by atoms with Gasteiger partial charge in [0.05, 0.1) is 7.11 Å². The van der Waals surface area contributed by atoms with E-state index in [9.17, 15) is 14.4 Å². The van der Waals surface area contributed by atoms with Gasteiger partial charge in [0.2, 0.25) is 0 Å². The summed E-state index contributed by atoms with van der Waals surface area (Å²) in [6.07, 6.45) is -1.01. The molecule has 3 rings (SSSR count). The van der Waals surface area contributed by atoms with Crippen molar-refractivity contribution in [3.8, 4) is 11.5 Å². The molecule has 0 heterocycles. The van der Waals surface area contributed by atoms with Crippen LogP contribution in [0.15, 0.2) is 60.7 Å². The molecule has 31 heavy (non-hydrogen) atoms. The number of carbonyl (C=O) groups is 3. The molecule has 0 aliphatic heterocycles. The highest BCUT2D eigenvalue weighted by molar-refractivity contribution is 5.97. The number of anilines is 1. The van der Waals surface area contributed by atoms with Gasteiger partial charge in [0, 0.05) is 11.3 Å². The van der Waals surface area contributed by atoms with Crippen molar-refractivity contribution in [1.82, 2.24) is 0 Å². The Morgan fingerprint density at radius 3 is 2.39 bits per heavy atom. The van der Waals surface area contributed by atoms with E-state index in [4.69, 9.17) is 14.2 Å². The molecule has 160 valence electrons. The number of Topliss-reactive ketones (excluding diaryl/α,β-unsaturated/α-hetero) is 1. The van der Waals surface area contributed by atoms with Crippen LogP contribution in [-0.2, 0) is 14.3 Å². The van der Waals surface area contributed by atoms with Gasteiger partial charge in [-0.1, -0.05) is 30.3 Å². The van der Waals surface area contributed by atoms with Gasteiger partial charge in [-0.2, -0.15) is 0 Å². The minimum absolute atomic E-state index is 0.115. The third kappa shape index (κ3) is 5.60. The Kier molecular flexibility index (Phi) is 6.87. The highest BCUT2D eigenvalue weighted by Crippen LogP contribution is 2.28. The van der Waals surface area contributed by atoms with Crippen LogP contribution in [0.25, 0.3) is 10.8 Å². The molecule has 0 aliphatic rings. The maximum absolute atomic E-state index is 12.4. The van der Waals surface area contributed by atoms with Gasteiger partial charge in [0.25, 0.3) is 5.91 Å². The summed E-state index contributed by atoms with van der Waals surface area (Å²) in [4.78, 5) is 36.0. The Morgan fingerprint density at radius 1 is 0.935 bits per heavy atom. The van der Waals surface area contributed by atoms with Gasteiger partial charge in [-0.05, 0) is 55.0 Å². The van der Waals surface area contributed by atoms with E-state index in [1.807, 2.05) is 36.4 Å². The summed E-state index contributed by atoms with van der Waals surface area (Å²) in [5.74, 6) is -0.665. The summed E-state index contributed by atoms with van der Waals surface area (Å²) in [6.45, 7) is 2.51. The van der Waals surface area contributed by atoms with Gasteiger partial charge in [-0.15, -0.1) is 0 Å². The number of nitrogens with one attached hydrogen (secondary N) is 1. The number of benzene rings is 3. The lowest BCUT2D eigenvalue weighted by Crippen LogP contribution is -2.31. The van der Waals surface area contributed by atoms with Crippen LogP contribution in [0.2, 0.25) is 0 Å². The number of carbonyl (C=O) groups excluding carboxylic acids is 3. The Labute approximate surface area is 179 Å². The summed E-state index contributed by atoms with van der Waals surface area (Å²) in [5.41, 5.74) is 1.07. The normalized spacial score (nSPS) is 11.5. The molecule has 0 fully saturated rings. The van der Waals surface area contributed by atoms with Crippen LogP contribution in [0.4, 0.5) is 5.69 Å². The van der Waals surface area contributed by atoms with Crippen LogP contribution >= 0.6 is 0 Å². The lowest BCUT2D eigenvalue weighted by Gasteiger charge is -2.15. The number of rotatable bonds is 8. The van der Waals surface area contributed by atoms with Crippen molar-refractivity contribution in [1.29, 1.82) is 0 Å². The molecule has 7 nitrogen and oxygen atoms in total. The largest absolute Gasteiger partial charge is 0.493 e. The van der Waals surface area contributed by atoms with E-state index < -0.39 is 24.6 Å². The van der Waals surface area contributed by atoms with Crippen molar-refractivity contribution >= 4 is 34.1 Å². The molecule has 1 amide bonds. The molecule has 3 aromatic carbocycles. The Morgan fingerprint density at radius 2 is 1.68 bits per heavy atom. The van der Waals surface area contributed by atoms with E-state index in [1.54, 1.807) is 18.2 Å². The highest BCUT2D eigenvalue weighted by atomic mass is 16.6. The van der Waals surface area contributed by atoms with Crippen molar-refractivity contribution in [3.05, 3.63) is 66.2 Å². The zero-order valence-corrected chi connectivity index (χ0v) is 17.5. The topological polar surface area (TPSA) is 90.9 Å². The molecule has 7 heteroatoms. The van der Waals surface area contributed by atoms with Crippen molar-refractivity contribution in [3.63, 3.8) is 0 Å². The van der Waals surface area contributed by atoms with Crippen LogP contribution in [0.1, 0.15) is 24.2 Å². The lowest BCUT2D eigenvalue weighted by molar-refractivity contribution is -0.155. The first-order chi connectivity index (χ1) is 14.9. The summed E-state index contributed by atoms with van der Waals surface area (Å²) in [7, 11) is 1.43. The number of ether oxygens (including phenoxy) is 3. The van der Waals surface area contributed by atoms with E-state index in [-0.39, 0.29) is 11.5 Å². The Bertz CT molecular complexity index is 1120. The summed E-state index contributed by atoms with van der Waals surface area (Å²) >= 11 is 0. The van der Waals surface area contributed by atoms with Crippen LogP contribution in [0.3, 0.4) is 0 Å². The van der Waals surface area contributed by atoms with Gasteiger partial charge in [-0.3, -0.25) is 9.59 Å². The van der Waals surface area contributed by atoms with E-state index in [0.717, 1.165) is 10.8 Å². The molecule has 0 aromatic heterocycles. The molecule has 0 spiro atoms. The number of esters is 1. The smallest absolute Gasteiger partial charge is 0.344 e. The van der Waals surface area contributed by atoms with Crippen LogP contribution in [0, 0.1) is 0 Å². The second-order valence-electron chi connectivity index (χ2n) is 6.89. The number of hydrogen-bond donors (Lipinski definition) is 1. The zero-order chi connectivity index (χ0) is 22.4. The zero-order valence-electron chi connectivity index (χ0n) is 17.5. The van der Waals surface area contributed by atoms with Gasteiger partial charge in [0.15, 0.2) is 30.0 Å². The first-order valence-electron chi connectivity index (χ1n) is 9.68. The first-order valence-corrected chi connectivity index (χ1v) is 9.68. The second kappa shape index (κ2) is 9.75. The van der Waals surface area contributed by atoms with Crippen molar-refractivity contribution in [2.45, 2.75) is 20.0 Å². The highest BCUT2D eigenvalue weighted by Gasteiger charge is 2.19. The maximum Gasteiger partial charge on any atom is 0.344 e. The van der Waals surface area contributed by atoms with Gasteiger partial charge in [-0.25, -0.2) is 4.79 Å². The Balaban J connectivity index is 1.55. The van der Waals surface area contributed by atoms with Crippen LogP contribution in [-0.4, -0.2) is 37.5 Å². The summed E-state index contributed by atoms with van der Waals surface area (Å²) in [5, 5.41) is 4.79. The molecule has 0 unspecified atom stereocenters. The van der Waals surface area contributed by atoms with E-state index >= 15 is 0 Å². The monoisotopic (exact) mass is 421 g/mol. The molecule has 0 aliphatic carbocycles. The molecule has 3 aromatic rings. The van der Waals surface area contributed by atoms with Gasteiger partial charge >= 0.3 is 5.97 Å². The molecule has 0 saturated carbocycles. The molecule has 0 saturated heterocycles. The van der Waals surface area contributed by atoms with Crippen molar-refractivity contribution in [2.75, 3.05) is 19.0 Å². The predicted molar refractivity (Wildman–Crippen MR) is 117 cm³/mol. The fraction of sp³-hybridized carbons (Fsp3) is 0.208. The molecule has 1 atom stereocenters. The number of ketones is 1. The van der Waals surface area contributed by atoms with E-state index in [0.29, 0.717) is 17.0 Å². The Hall–Kier alpha value is -3.87. The first kappa shape index (κ1) is 21.8. The SMILES string of the molecule is COc1cc(C(C)=O)ccc1OCC(=O)O[C@H](C)C(=O)Nc1ccc2ccccc2c1. The minimum Gasteiger partial charge on any atom is -0.493 e. The fourth-order valence-corrected chi connectivity index (χ4v) is 2.94. The average Bonchev–Trinajstić information content (AvgIpc) is 2.77. The standard InChI is InChI=1S/C24H23NO6/c1-15(26)18-9-11-21(22(13-18)29-3)30-14-23(27)31-16(2)24(28)25-20-10-8-17-6-4-5-7-19(17)12-20/h4-13,16H,14H2,1-3H3,(H,25,28)/t16-/m1/s1. The summed E-state index contributed by atoms with van der Waals surface area (Å²) in [6, 6.07) is 18.0. The maximum atomic E-state index is 12.4. The predicted octanol–water partition coefficient (Wildman–Crippen LogP) is 4.00. The van der Waals surface area contributed by atoms with E-state index in [1.165, 1.54) is 27.0 Å². The van der Waals surface area contributed by atoms with Gasteiger partial charge < -0.3 is 19.5 Å². The average molecular weight is 421 g/mol. The van der Waals surface area contributed by atoms with Crippen LogP contribution in [0.5, 0.6) is 11.5 Å². The fourth-order valence-electron chi connectivity index (χ4n) is 2.94. The second-order valence-corrected chi connectivity index (χ2v) is 6.89. The molecular weight excluding hydrogens is 398 g/mol. The summed E-state index contributed by atoms with van der Waals surface area (Å²) < 4.78 is 15.8.